The average Bonchev–Trinajstić information content (AvgIpc) is 2.34. The van der Waals surface area contributed by atoms with Gasteiger partial charge in [0.15, 0.2) is 0 Å². The summed E-state index contributed by atoms with van der Waals surface area (Å²) in [6.07, 6.45) is -0.0867. The van der Waals surface area contributed by atoms with Crippen molar-refractivity contribution in [1.82, 2.24) is 9.78 Å². The molecule has 0 spiro atoms. The Morgan fingerprint density at radius 1 is 1.44 bits per heavy atom. The third-order valence-corrected chi connectivity index (χ3v) is 2.63. The highest BCUT2D eigenvalue weighted by Crippen LogP contribution is 2.19. The molecule has 0 bridgehead atoms. The van der Waals surface area contributed by atoms with Crippen LogP contribution in [0.15, 0.2) is 35.1 Å². The van der Waals surface area contributed by atoms with E-state index in [0.29, 0.717) is 10.7 Å². The lowest BCUT2D eigenvalue weighted by molar-refractivity contribution is 0.459. The summed E-state index contributed by atoms with van der Waals surface area (Å²) in [5.74, 6) is -0.287. The van der Waals surface area contributed by atoms with Gasteiger partial charge < -0.3 is 5.11 Å². The van der Waals surface area contributed by atoms with Crippen LogP contribution < -0.4 is 5.56 Å². The Balaban J connectivity index is 2.66. The molecule has 0 aliphatic carbocycles. The molecule has 0 aliphatic rings. The second-order valence-electron chi connectivity index (χ2n) is 3.51. The summed E-state index contributed by atoms with van der Waals surface area (Å²) in [7, 11) is 0. The molecule has 0 saturated carbocycles. The largest absolute Gasteiger partial charge is 0.506 e. The summed E-state index contributed by atoms with van der Waals surface area (Å²) < 4.78 is 1.06. The van der Waals surface area contributed by atoms with Gasteiger partial charge in [0.2, 0.25) is 0 Å². The van der Waals surface area contributed by atoms with E-state index in [9.17, 15) is 9.90 Å². The van der Waals surface area contributed by atoms with E-state index in [0.717, 1.165) is 10.7 Å². The zero-order chi connectivity index (χ0) is 13.1. The van der Waals surface area contributed by atoms with Crippen molar-refractivity contribution in [3.05, 3.63) is 51.4 Å². The van der Waals surface area contributed by atoms with Gasteiger partial charge in [-0.3, -0.25) is 4.79 Å². The Morgan fingerprint density at radius 2 is 2.17 bits per heavy atom. The average molecular weight is 262 g/mol. The monoisotopic (exact) mass is 261 g/mol. The number of hydrogen-bond donors (Lipinski definition) is 1. The highest BCUT2D eigenvalue weighted by molar-refractivity contribution is 6.32. The van der Waals surface area contributed by atoms with Crippen LogP contribution in [0.2, 0.25) is 5.02 Å². The molecule has 0 amide bonds. The molecule has 1 N–H and O–H groups in total. The smallest absolute Gasteiger partial charge is 0.275 e. The standard InChI is InChI=1S/C12H8ClN3O2/c13-8-3-1-2-4-10(8)16-12(18)7-11(17)9(15-16)5-6-14/h1-4,7,17H,5H2. The lowest BCUT2D eigenvalue weighted by atomic mass is 10.3. The van der Waals surface area contributed by atoms with Crippen molar-refractivity contribution in [2.75, 3.05) is 0 Å². The number of nitrogens with zero attached hydrogens (tertiary/aromatic N) is 3. The molecule has 1 heterocycles. The summed E-state index contributed by atoms with van der Waals surface area (Å²) in [6, 6.07) is 9.58. The molecule has 90 valence electrons. The molecule has 5 nitrogen and oxygen atoms in total. The number of hydrogen-bond acceptors (Lipinski definition) is 4. The fraction of sp³-hybridized carbons (Fsp3) is 0.0833. The number of rotatable bonds is 2. The minimum Gasteiger partial charge on any atom is -0.506 e. The van der Waals surface area contributed by atoms with Gasteiger partial charge in [0.05, 0.1) is 23.2 Å². The van der Waals surface area contributed by atoms with Crippen molar-refractivity contribution in [2.24, 2.45) is 0 Å². The van der Waals surface area contributed by atoms with E-state index in [2.05, 4.69) is 5.10 Å². The SMILES string of the molecule is N#CCc1nn(-c2ccccc2Cl)c(=O)cc1O. The summed E-state index contributed by atoms with van der Waals surface area (Å²) in [5, 5.41) is 22.4. The van der Waals surface area contributed by atoms with Crippen LogP contribution in [0, 0.1) is 11.3 Å². The van der Waals surface area contributed by atoms with Crippen LogP contribution in [-0.2, 0) is 6.42 Å². The Morgan fingerprint density at radius 3 is 2.83 bits per heavy atom. The first-order valence-corrected chi connectivity index (χ1v) is 5.45. The maximum atomic E-state index is 11.7. The summed E-state index contributed by atoms with van der Waals surface area (Å²) in [5.41, 5.74) is 0.0302. The van der Waals surface area contributed by atoms with Gasteiger partial charge in [-0.25, -0.2) is 0 Å². The number of halogens is 1. The Kier molecular flexibility index (Phi) is 3.31. The van der Waals surface area contributed by atoms with E-state index < -0.39 is 5.56 Å². The molecule has 0 aliphatic heterocycles. The van der Waals surface area contributed by atoms with E-state index >= 15 is 0 Å². The minimum atomic E-state index is -0.512. The topological polar surface area (TPSA) is 78.9 Å². The van der Waals surface area contributed by atoms with Crippen LogP contribution in [-0.4, -0.2) is 14.9 Å². The lowest BCUT2D eigenvalue weighted by Gasteiger charge is -2.08. The van der Waals surface area contributed by atoms with Crippen molar-refractivity contribution >= 4 is 11.6 Å². The molecule has 0 fully saturated rings. The van der Waals surface area contributed by atoms with E-state index in [-0.39, 0.29) is 17.9 Å². The van der Waals surface area contributed by atoms with Crippen LogP contribution in [0.3, 0.4) is 0 Å². The van der Waals surface area contributed by atoms with Gasteiger partial charge in [0.25, 0.3) is 5.56 Å². The first-order chi connectivity index (χ1) is 8.63. The number of nitriles is 1. The zero-order valence-electron chi connectivity index (χ0n) is 9.17. The van der Waals surface area contributed by atoms with Crippen molar-refractivity contribution < 1.29 is 5.11 Å². The normalized spacial score (nSPS) is 10.0. The van der Waals surface area contributed by atoms with Crippen molar-refractivity contribution in [3.63, 3.8) is 0 Å². The maximum absolute atomic E-state index is 11.7. The van der Waals surface area contributed by atoms with E-state index in [1.165, 1.54) is 0 Å². The molecule has 0 radical (unpaired) electrons. The Bertz CT molecular complexity index is 688. The Hall–Kier alpha value is -2.32. The van der Waals surface area contributed by atoms with E-state index in [1.807, 2.05) is 6.07 Å². The second-order valence-corrected chi connectivity index (χ2v) is 3.92. The van der Waals surface area contributed by atoms with Crippen LogP contribution in [0.25, 0.3) is 5.69 Å². The summed E-state index contributed by atoms with van der Waals surface area (Å²) >= 11 is 5.97. The maximum Gasteiger partial charge on any atom is 0.275 e. The molecule has 2 rings (SSSR count). The number of aromatic nitrogens is 2. The molecule has 0 unspecified atom stereocenters. The van der Waals surface area contributed by atoms with Gasteiger partial charge in [-0.2, -0.15) is 15.0 Å². The second kappa shape index (κ2) is 4.90. The first kappa shape index (κ1) is 12.1. The van der Waals surface area contributed by atoms with Crippen LogP contribution in [0.4, 0.5) is 0 Å². The van der Waals surface area contributed by atoms with Crippen molar-refractivity contribution in [1.29, 1.82) is 5.26 Å². The quantitative estimate of drug-likeness (QED) is 0.892. The van der Waals surface area contributed by atoms with Gasteiger partial charge >= 0.3 is 0 Å². The number of aromatic hydroxyl groups is 1. The van der Waals surface area contributed by atoms with Crippen LogP contribution in [0.1, 0.15) is 5.69 Å². The van der Waals surface area contributed by atoms with Crippen LogP contribution >= 0.6 is 11.6 Å². The van der Waals surface area contributed by atoms with Gasteiger partial charge in [0, 0.05) is 6.07 Å². The highest BCUT2D eigenvalue weighted by Gasteiger charge is 2.10. The Labute approximate surface area is 107 Å². The molecule has 0 atom stereocenters. The fourth-order valence-corrected chi connectivity index (χ4v) is 1.70. The third-order valence-electron chi connectivity index (χ3n) is 2.31. The number of para-hydroxylation sites is 1. The zero-order valence-corrected chi connectivity index (χ0v) is 9.92. The third kappa shape index (κ3) is 2.19. The molecule has 1 aromatic carbocycles. The van der Waals surface area contributed by atoms with Crippen LogP contribution in [0.5, 0.6) is 5.75 Å². The minimum absolute atomic E-state index is 0.0867. The molecule has 1 aromatic heterocycles. The van der Waals surface area contributed by atoms with Gasteiger partial charge in [-0.05, 0) is 12.1 Å². The van der Waals surface area contributed by atoms with Crippen molar-refractivity contribution in [3.8, 4) is 17.5 Å². The predicted octanol–water partition coefficient (Wildman–Crippen LogP) is 1.66. The predicted molar refractivity (Wildman–Crippen MR) is 65.8 cm³/mol. The molecule has 2 aromatic rings. The first-order valence-electron chi connectivity index (χ1n) is 5.07. The lowest BCUT2D eigenvalue weighted by Crippen LogP contribution is -2.21. The summed E-state index contributed by atoms with van der Waals surface area (Å²) in [4.78, 5) is 11.7. The molecule has 0 saturated heterocycles. The van der Waals surface area contributed by atoms with Gasteiger partial charge in [-0.1, -0.05) is 23.7 Å². The van der Waals surface area contributed by atoms with Crippen molar-refractivity contribution in [2.45, 2.75) is 6.42 Å². The van der Waals surface area contributed by atoms with Gasteiger partial charge in [-0.15, -0.1) is 0 Å². The highest BCUT2D eigenvalue weighted by atomic mass is 35.5. The van der Waals surface area contributed by atoms with Gasteiger partial charge in [0.1, 0.15) is 11.4 Å². The van der Waals surface area contributed by atoms with E-state index in [4.69, 9.17) is 16.9 Å². The summed E-state index contributed by atoms with van der Waals surface area (Å²) in [6.45, 7) is 0. The van der Waals surface area contributed by atoms with E-state index in [1.54, 1.807) is 24.3 Å². The molecule has 18 heavy (non-hydrogen) atoms. The molecular formula is C12H8ClN3O2. The fourth-order valence-electron chi connectivity index (χ4n) is 1.48. The molecule has 6 heteroatoms. The molecular weight excluding hydrogens is 254 g/mol. The number of benzene rings is 1.